The van der Waals surface area contributed by atoms with Crippen molar-refractivity contribution in [2.75, 3.05) is 0 Å². The van der Waals surface area contributed by atoms with Crippen molar-refractivity contribution in [1.82, 2.24) is 20.3 Å². The fourth-order valence-electron chi connectivity index (χ4n) is 3.40. The van der Waals surface area contributed by atoms with E-state index in [0.29, 0.717) is 5.69 Å². The maximum Gasteiger partial charge on any atom is 0.273 e. The molecule has 0 bridgehead atoms. The van der Waals surface area contributed by atoms with Crippen LogP contribution in [-0.4, -0.2) is 26.9 Å². The number of nitrogens with zero attached hydrogens (tertiary/aromatic N) is 3. The molecule has 0 aliphatic heterocycles. The van der Waals surface area contributed by atoms with Gasteiger partial charge in [0.1, 0.15) is 0 Å². The molecule has 1 amide bonds. The quantitative estimate of drug-likeness (QED) is 0.819. The first-order valence-electron chi connectivity index (χ1n) is 9.06. The van der Waals surface area contributed by atoms with E-state index in [2.05, 4.69) is 31.6 Å². The van der Waals surface area contributed by atoms with E-state index in [1.165, 1.54) is 32.1 Å². The van der Waals surface area contributed by atoms with Crippen molar-refractivity contribution in [3.63, 3.8) is 0 Å². The van der Waals surface area contributed by atoms with Crippen LogP contribution in [0.4, 0.5) is 0 Å². The SMILES string of the molecule is Cc1cc(-n2nnc(C(=O)NC3CCCCCCC3)c2C)ccc1Br. The Morgan fingerprint density at radius 2 is 1.84 bits per heavy atom. The summed E-state index contributed by atoms with van der Waals surface area (Å²) in [6.07, 6.45) is 8.36. The molecular weight excluding hydrogens is 380 g/mol. The van der Waals surface area contributed by atoms with Gasteiger partial charge in [0.15, 0.2) is 5.69 Å². The minimum Gasteiger partial charge on any atom is -0.348 e. The van der Waals surface area contributed by atoms with E-state index in [4.69, 9.17) is 0 Å². The maximum atomic E-state index is 12.7. The number of hydrogen-bond donors (Lipinski definition) is 1. The normalized spacial score (nSPS) is 16.3. The Labute approximate surface area is 157 Å². The summed E-state index contributed by atoms with van der Waals surface area (Å²) in [5.74, 6) is -0.108. The number of halogens is 1. The number of aryl methyl sites for hydroxylation is 1. The molecule has 1 heterocycles. The lowest BCUT2D eigenvalue weighted by Crippen LogP contribution is -2.35. The summed E-state index contributed by atoms with van der Waals surface area (Å²) >= 11 is 3.51. The second-order valence-corrected chi connectivity index (χ2v) is 7.74. The molecule has 25 heavy (non-hydrogen) atoms. The average molecular weight is 405 g/mol. The van der Waals surface area contributed by atoms with Gasteiger partial charge in [0.2, 0.25) is 0 Å². The highest BCUT2D eigenvalue weighted by Gasteiger charge is 2.21. The summed E-state index contributed by atoms with van der Waals surface area (Å²) in [5, 5.41) is 11.5. The predicted molar refractivity (Wildman–Crippen MR) is 102 cm³/mol. The molecule has 134 valence electrons. The summed E-state index contributed by atoms with van der Waals surface area (Å²) in [6, 6.07) is 6.24. The van der Waals surface area contributed by atoms with Crippen molar-refractivity contribution in [3.8, 4) is 5.69 Å². The van der Waals surface area contributed by atoms with Crippen LogP contribution >= 0.6 is 15.9 Å². The summed E-state index contributed by atoms with van der Waals surface area (Å²) in [5.41, 5.74) is 3.22. The van der Waals surface area contributed by atoms with Crippen LogP contribution in [0.5, 0.6) is 0 Å². The third kappa shape index (κ3) is 4.29. The highest BCUT2D eigenvalue weighted by molar-refractivity contribution is 9.10. The van der Waals surface area contributed by atoms with Crippen LogP contribution in [0.25, 0.3) is 5.69 Å². The Bertz CT molecular complexity index is 748. The molecule has 1 aromatic heterocycles. The summed E-state index contributed by atoms with van der Waals surface area (Å²) in [4.78, 5) is 12.7. The standard InChI is InChI=1S/C19H25BrN4O/c1-13-12-16(10-11-17(13)20)24-14(2)18(22-23-24)19(25)21-15-8-6-4-3-5-7-9-15/h10-12,15H,3-9H2,1-2H3,(H,21,25). The van der Waals surface area contributed by atoms with Gasteiger partial charge in [0.05, 0.1) is 11.4 Å². The number of hydrogen-bond acceptors (Lipinski definition) is 3. The molecule has 0 saturated heterocycles. The number of carbonyl (C=O) groups excluding carboxylic acids is 1. The van der Waals surface area contributed by atoms with Crippen LogP contribution < -0.4 is 5.32 Å². The molecule has 0 radical (unpaired) electrons. The molecule has 2 aromatic rings. The highest BCUT2D eigenvalue weighted by atomic mass is 79.9. The summed E-state index contributed by atoms with van der Waals surface area (Å²) < 4.78 is 2.78. The Morgan fingerprint density at radius 1 is 1.16 bits per heavy atom. The van der Waals surface area contributed by atoms with Gasteiger partial charge in [-0.05, 0) is 50.5 Å². The van der Waals surface area contributed by atoms with Crippen molar-refractivity contribution in [2.24, 2.45) is 0 Å². The molecule has 3 rings (SSSR count). The van der Waals surface area contributed by atoms with Gasteiger partial charge in [-0.1, -0.05) is 53.2 Å². The van der Waals surface area contributed by atoms with Gasteiger partial charge >= 0.3 is 0 Å². The Morgan fingerprint density at radius 3 is 2.52 bits per heavy atom. The van der Waals surface area contributed by atoms with Crippen LogP contribution in [-0.2, 0) is 0 Å². The molecule has 1 saturated carbocycles. The first kappa shape index (κ1) is 18.1. The zero-order chi connectivity index (χ0) is 17.8. The highest BCUT2D eigenvalue weighted by Crippen LogP contribution is 2.21. The fraction of sp³-hybridized carbons (Fsp3) is 0.526. The van der Waals surface area contributed by atoms with Crippen LogP contribution in [0.2, 0.25) is 0 Å². The van der Waals surface area contributed by atoms with Crippen LogP contribution in [0, 0.1) is 13.8 Å². The predicted octanol–water partition coefficient (Wildman–Crippen LogP) is 4.49. The lowest BCUT2D eigenvalue weighted by atomic mass is 9.96. The van der Waals surface area contributed by atoms with Crippen LogP contribution in [0.3, 0.4) is 0 Å². The van der Waals surface area contributed by atoms with Gasteiger partial charge in [-0.3, -0.25) is 4.79 Å². The number of rotatable bonds is 3. The zero-order valence-electron chi connectivity index (χ0n) is 14.9. The molecule has 0 spiro atoms. The fourth-order valence-corrected chi connectivity index (χ4v) is 3.65. The molecule has 0 unspecified atom stereocenters. The summed E-state index contributed by atoms with van der Waals surface area (Å²) in [6.45, 7) is 3.92. The molecule has 5 nitrogen and oxygen atoms in total. The molecule has 1 aliphatic rings. The second kappa shape index (κ2) is 8.13. The van der Waals surface area contributed by atoms with Crippen molar-refractivity contribution in [2.45, 2.75) is 64.8 Å². The molecular formula is C19H25BrN4O. The van der Waals surface area contributed by atoms with Gasteiger partial charge in [0, 0.05) is 10.5 Å². The topological polar surface area (TPSA) is 59.8 Å². The number of benzene rings is 1. The number of nitrogens with one attached hydrogen (secondary N) is 1. The number of carbonyl (C=O) groups is 1. The maximum absolute atomic E-state index is 12.7. The van der Waals surface area contributed by atoms with E-state index in [1.54, 1.807) is 4.68 Å². The minimum absolute atomic E-state index is 0.108. The first-order valence-corrected chi connectivity index (χ1v) is 9.85. The smallest absolute Gasteiger partial charge is 0.273 e. The van der Waals surface area contributed by atoms with Crippen molar-refractivity contribution in [3.05, 3.63) is 39.6 Å². The van der Waals surface area contributed by atoms with Gasteiger partial charge in [-0.2, -0.15) is 0 Å². The van der Waals surface area contributed by atoms with E-state index in [0.717, 1.165) is 34.3 Å². The lowest BCUT2D eigenvalue weighted by Gasteiger charge is -2.20. The Hall–Kier alpha value is -1.69. The minimum atomic E-state index is -0.108. The van der Waals surface area contributed by atoms with E-state index >= 15 is 0 Å². The molecule has 1 aromatic carbocycles. The first-order chi connectivity index (χ1) is 12.1. The zero-order valence-corrected chi connectivity index (χ0v) is 16.5. The van der Waals surface area contributed by atoms with Gasteiger partial charge in [-0.25, -0.2) is 4.68 Å². The second-order valence-electron chi connectivity index (χ2n) is 6.88. The third-order valence-electron chi connectivity index (χ3n) is 4.94. The van der Waals surface area contributed by atoms with Crippen molar-refractivity contribution in [1.29, 1.82) is 0 Å². The van der Waals surface area contributed by atoms with Gasteiger partial charge < -0.3 is 5.32 Å². The Kier molecular flexibility index (Phi) is 5.89. The molecule has 0 atom stereocenters. The molecule has 1 N–H and O–H groups in total. The molecule has 1 fully saturated rings. The number of aromatic nitrogens is 3. The van der Waals surface area contributed by atoms with Crippen molar-refractivity contribution >= 4 is 21.8 Å². The lowest BCUT2D eigenvalue weighted by molar-refractivity contribution is 0.0924. The van der Waals surface area contributed by atoms with E-state index < -0.39 is 0 Å². The van der Waals surface area contributed by atoms with Gasteiger partial charge in [0.25, 0.3) is 5.91 Å². The van der Waals surface area contributed by atoms with Crippen molar-refractivity contribution < 1.29 is 4.79 Å². The average Bonchev–Trinajstić information content (AvgIpc) is 2.94. The van der Waals surface area contributed by atoms with Gasteiger partial charge in [-0.15, -0.1) is 5.10 Å². The van der Waals surface area contributed by atoms with Crippen LogP contribution in [0.15, 0.2) is 22.7 Å². The largest absolute Gasteiger partial charge is 0.348 e. The third-order valence-corrected chi connectivity index (χ3v) is 5.83. The monoisotopic (exact) mass is 404 g/mol. The van der Waals surface area contributed by atoms with Crippen LogP contribution in [0.1, 0.15) is 66.7 Å². The molecule has 6 heteroatoms. The van der Waals surface area contributed by atoms with E-state index in [-0.39, 0.29) is 11.9 Å². The van der Waals surface area contributed by atoms with E-state index in [1.807, 2.05) is 32.0 Å². The van der Waals surface area contributed by atoms with E-state index in [9.17, 15) is 4.79 Å². The Balaban J connectivity index is 1.75. The summed E-state index contributed by atoms with van der Waals surface area (Å²) in [7, 11) is 0. The number of amides is 1. The molecule has 1 aliphatic carbocycles.